The summed E-state index contributed by atoms with van der Waals surface area (Å²) in [6.07, 6.45) is 0. The number of nitrogens with one attached hydrogen (secondary N) is 1. The van der Waals surface area contributed by atoms with Gasteiger partial charge in [0, 0.05) is 23.0 Å². The van der Waals surface area contributed by atoms with Crippen LogP contribution in [-0.2, 0) is 16.1 Å². The number of carbonyl (C=O) groups is 2. The lowest BCUT2D eigenvalue weighted by Gasteiger charge is -2.29. The van der Waals surface area contributed by atoms with Crippen LogP contribution in [0.15, 0.2) is 53.4 Å². The maximum atomic E-state index is 13.1. The number of carbonyl (C=O) groups excluding carboxylic acids is 2. The fourth-order valence-electron chi connectivity index (χ4n) is 2.80. The summed E-state index contributed by atoms with van der Waals surface area (Å²) in [5.74, 6) is 0.414. The first-order valence-corrected chi connectivity index (χ1v) is 11.1. The van der Waals surface area contributed by atoms with Gasteiger partial charge in [0.15, 0.2) is 0 Å². The highest BCUT2D eigenvalue weighted by Crippen LogP contribution is 2.22. The van der Waals surface area contributed by atoms with Crippen LogP contribution in [0, 0.1) is 12.8 Å². The Bertz CT molecular complexity index is 824. The number of benzene rings is 2. The van der Waals surface area contributed by atoms with E-state index >= 15 is 0 Å². The molecule has 156 valence electrons. The topological polar surface area (TPSA) is 49.4 Å². The zero-order chi connectivity index (χ0) is 21.4. The molecular weight excluding hydrogens is 404 g/mol. The molecule has 0 radical (unpaired) electrons. The van der Waals surface area contributed by atoms with Crippen molar-refractivity contribution in [1.82, 2.24) is 10.2 Å². The van der Waals surface area contributed by atoms with Crippen molar-refractivity contribution in [3.8, 4) is 0 Å². The molecule has 2 amide bonds. The molecule has 0 aromatic heterocycles. The molecule has 0 bridgehead atoms. The van der Waals surface area contributed by atoms with E-state index in [-0.39, 0.29) is 17.6 Å². The SMILES string of the molecule is Cc1cccc(CN(C(=O)CSc2ccc(Cl)cc2)[C@H](C)C(=O)NCC(C)C)c1. The average molecular weight is 433 g/mol. The van der Waals surface area contributed by atoms with Crippen molar-refractivity contribution in [3.05, 3.63) is 64.7 Å². The average Bonchev–Trinajstić information content (AvgIpc) is 2.69. The molecule has 0 aliphatic heterocycles. The number of hydrogen-bond acceptors (Lipinski definition) is 3. The van der Waals surface area contributed by atoms with Crippen LogP contribution in [0.25, 0.3) is 0 Å². The summed E-state index contributed by atoms with van der Waals surface area (Å²) in [6, 6.07) is 14.9. The second-order valence-electron chi connectivity index (χ2n) is 7.57. The summed E-state index contributed by atoms with van der Waals surface area (Å²) in [5.41, 5.74) is 2.14. The molecule has 0 fully saturated rings. The van der Waals surface area contributed by atoms with E-state index in [1.165, 1.54) is 11.8 Å². The van der Waals surface area contributed by atoms with Crippen LogP contribution in [-0.4, -0.2) is 35.1 Å². The predicted molar refractivity (Wildman–Crippen MR) is 121 cm³/mol. The Hall–Kier alpha value is -1.98. The van der Waals surface area contributed by atoms with Crippen molar-refractivity contribution in [2.45, 2.75) is 45.2 Å². The molecule has 0 heterocycles. The minimum Gasteiger partial charge on any atom is -0.354 e. The van der Waals surface area contributed by atoms with Crippen LogP contribution in [0.4, 0.5) is 0 Å². The highest BCUT2D eigenvalue weighted by atomic mass is 35.5. The Balaban J connectivity index is 2.12. The fourth-order valence-corrected chi connectivity index (χ4v) is 3.71. The van der Waals surface area contributed by atoms with Crippen molar-refractivity contribution in [3.63, 3.8) is 0 Å². The molecule has 0 spiro atoms. The minimum absolute atomic E-state index is 0.0707. The minimum atomic E-state index is -0.549. The highest BCUT2D eigenvalue weighted by Gasteiger charge is 2.26. The quantitative estimate of drug-likeness (QED) is 0.571. The third-order valence-corrected chi connectivity index (χ3v) is 5.71. The lowest BCUT2D eigenvalue weighted by molar-refractivity contribution is -0.138. The van der Waals surface area contributed by atoms with E-state index in [0.29, 0.717) is 24.0 Å². The number of aryl methyl sites for hydroxylation is 1. The van der Waals surface area contributed by atoms with E-state index < -0.39 is 6.04 Å². The first kappa shape index (κ1) is 23.3. The van der Waals surface area contributed by atoms with Gasteiger partial charge in [-0.3, -0.25) is 9.59 Å². The van der Waals surface area contributed by atoms with Gasteiger partial charge in [-0.1, -0.05) is 55.3 Å². The van der Waals surface area contributed by atoms with Crippen LogP contribution in [0.5, 0.6) is 0 Å². The summed E-state index contributed by atoms with van der Waals surface area (Å²) >= 11 is 7.37. The maximum Gasteiger partial charge on any atom is 0.242 e. The van der Waals surface area contributed by atoms with Gasteiger partial charge in [-0.2, -0.15) is 0 Å². The van der Waals surface area contributed by atoms with Crippen LogP contribution >= 0.6 is 23.4 Å². The maximum absolute atomic E-state index is 13.1. The van der Waals surface area contributed by atoms with Gasteiger partial charge in [0.05, 0.1) is 5.75 Å². The highest BCUT2D eigenvalue weighted by molar-refractivity contribution is 8.00. The summed E-state index contributed by atoms with van der Waals surface area (Å²) < 4.78 is 0. The molecule has 0 aliphatic rings. The Morgan fingerprint density at radius 3 is 2.41 bits per heavy atom. The Labute approximate surface area is 183 Å². The van der Waals surface area contributed by atoms with Gasteiger partial charge < -0.3 is 10.2 Å². The summed E-state index contributed by atoms with van der Waals surface area (Å²) in [6.45, 7) is 8.89. The van der Waals surface area contributed by atoms with E-state index in [1.54, 1.807) is 24.0 Å². The Morgan fingerprint density at radius 1 is 1.10 bits per heavy atom. The second-order valence-corrected chi connectivity index (χ2v) is 9.05. The molecule has 0 aliphatic carbocycles. The number of thioether (sulfide) groups is 1. The molecule has 2 aromatic rings. The van der Waals surface area contributed by atoms with Crippen LogP contribution in [0.2, 0.25) is 5.02 Å². The molecule has 6 heteroatoms. The van der Waals surface area contributed by atoms with Gasteiger partial charge in [-0.25, -0.2) is 0 Å². The van der Waals surface area contributed by atoms with E-state index in [4.69, 9.17) is 11.6 Å². The van der Waals surface area contributed by atoms with Crippen molar-refractivity contribution >= 4 is 35.2 Å². The van der Waals surface area contributed by atoms with E-state index in [0.717, 1.165) is 16.0 Å². The predicted octanol–water partition coefficient (Wildman–Crippen LogP) is 4.93. The lowest BCUT2D eigenvalue weighted by Crippen LogP contribution is -2.48. The van der Waals surface area contributed by atoms with Gasteiger partial charge in [0.25, 0.3) is 0 Å². The zero-order valence-electron chi connectivity index (χ0n) is 17.4. The normalized spacial score (nSPS) is 11.9. The molecular formula is C23H29ClN2O2S. The van der Waals surface area contributed by atoms with Crippen molar-refractivity contribution in [1.29, 1.82) is 0 Å². The molecule has 0 unspecified atom stereocenters. The first-order chi connectivity index (χ1) is 13.8. The fraction of sp³-hybridized carbons (Fsp3) is 0.391. The molecule has 0 saturated heterocycles. The van der Waals surface area contributed by atoms with Gasteiger partial charge in [0.2, 0.25) is 11.8 Å². The molecule has 1 atom stereocenters. The summed E-state index contributed by atoms with van der Waals surface area (Å²) in [4.78, 5) is 28.3. The monoisotopic (exact) mass is 432 g/mol. The zero-order valence-corrected chi connectivity index (χ0v) is 19.0. The summed E-state index contributed by atoms with van der Waals surface area (Å²) in [5, 5.41) is 3.60. The third-order valence-electron chi connectivity index (χ3n) is 4.46. The first-order valence-electron chi connectivity index (χ1n) is 9.77. The molecule has 2 rings (SSSR count). The number of amides is 2. The third kappa shape index (κ3) is 7.75. The molecule has 1 N–H and O–H groups in total. The number of hydrogen-bond donors (Lipinski definition) is 1. The van der Waals surface area contributed by atoms with Gasteiger partial charge in [-0.05, 0) is 49.6 Å². The molecule has 0 saturated carbocycles. The van der Waals surface area contributed by atoms with E-state index in [2.05, 4.69) is 5.32 Å². The van der Waals surface area contributed by atoms with Crippen LogP contribution in [0.1, 0.15) is 31.9 Å². The van der Waals surface area contributed by atoms with Crippen LogP contribution < -0.4 is 5.32 Å². The van der Waals surface area contributed by atoms with E-state index in [9.17, 15) is 9.59 Å². The molecule has 4 nitrogen and oxygen atoms in total. The lowest BCUT2D eigenvalue weighted by atomic mass is 10.1. The van der Waals surface area contributed by atoms with Crippen molar-refractivity contribution in [2.24, 2.45) is 5.92 Å². The Kier molecular flexibility index (Phi) is 9.05. The number of rotatable bonds is 9. The molecule has 2 aromatic carbocycles. The van der Waals surface area contributed by atoms with Gasteiger partial charge in [-0.15, -0.1) is 11.8 Å². The Morgan fingerprint density at radius 2 is 1.79 bits per heavy atom. The van der Waals surface area contributed by atoms with E-state index in [1.807, 2.05) is 57.2 Å². The van der Waals surface area contributed by atoms with Crippen molar-refractivity contribution < 1.29 is 9.59 Å². The largest absolute Gasteiger partial charge is 0.354 e. The van der Waals surface area contributed by atoms with Gasteiger partial charge in [0.1, 0.15) is 6.04 Å². The van der Waals surface area contributed by atoms with Gasteiger partial charge >= 0.3 is 0 Å². The number of nitrogens with zero attached hydrogens (tertiary/aromatic N) is 1. The summed E-state index contributed by atoms with van der Waals surface area (Å²) in [7, 11) is 0. The molecule has 29 heavy (non-hydrogen) atoms. The number of halogens is 1. The standard InChI is InChI=1S/C23H29ClN2O2S/c1-16(2)13-25-23(28)18(4)26(14-19-7-5-6-17(3)12-19)22(27)15-29-21-10-8-20(24)9-11-21/h5-12,16,18H,13-15H2,1-4H3,(H,25,28)/t18-/m1/s1. The van der Waals surface area contributed by atoms with Crippen LogP contribution in [0.3, 0.4) is 0 Å². The second kappa shape index (κ2) is 11.3. The smallest absolute Gasteiger partial charge is 0.242 e. The van der Waals surface area contributed by atoms with Crippen molar-refractivity contribution in [2.75, 3.05) is 12.3 Å².